The maximum Gasteiger partial charge on any atom is 0.0324 e. The first-order chi connectivity index (χ1) is 4.27. The van der Waals surface area contributed by atoms with Crippen LogP contribution in [0.5, 0.6) is 0 Å². The number of hydrogen-bond donors (Lipinski definition) is 2. The van der Waals surface area contributed by atoms with Crippen LogP contribution in [-0.4, -0.2) is 15.3 Å². The average molecular weight is 151 g/mol. The average Bonchev–Trinajstić information content (AvgIpc) is 1.80. The molecule has 0 saturated carbocycles. The molecule has 0 aliphatic rings. The van der Waals surface area contributed by atoms with Crippen molar-refractivity contribution in [3.05, 3.63) is 0 Å². The molecule has 56 valence electrons. The van der Waals surface area contributed by atoms with Crippen molar-refractivity contribution in [2.24, 2.45) is 0 Å². The number of hydrogen-bond acceptors (Lipinski definition) is 3. The highest BCUT2D eigenvalue weighted by Gasteiger charge is 1.81. The van der Waals surface area contributed by atoms with E-state index in [-0.39, 0.29) is 0 Å². The lowest BCUT2D eigenvalue weighted by Crippen LogP contribution is -2.33. The highest BCUT2D eigenvalue weighted by molar-refractivity contribution is 7.76. The van der Waals surface area contributed by atoms with Crippen molar-refractivity contribution >= 4 is 11.3 Å². The zero-order chi connectivity index (χ0) is 7.11. The van der Waals surface area contributed by atoms with Crippen LogP contribution in [0.1, 0.15) is 19.8 Å². The summed E-state index contributed by atoms with van der Waals surface area (Å²) in [5, 5.41) is 0. The van der Waals surface area contributed by atoms with Gasteiger partial charge in [0.05, 0.1) is 0 Å². The van der Waals surface area contributed by atoms with Crippen LogP contribution in [0.3, 0.4) is 0 Å². The second kappa shape index (κ2) is 6.15. The summed E-state index contributed by atoms with van der Waals surface area (Å²) in [6.45, 7) is 2.72. The van der Waals surface area contributed by atoms with Crippen molar-refractivity contribution in [1.29, 1.82) is 0 Å². The number of nitrogens with one attached hydrogen (secondary N) is 2. The molecule has 0 bridgehead atoms. The third-order valence-electron chi connectivity index (χ3n) is 0.811. The Labute approximate surface area is 57.4 Å². The molecule has 0 aliphatic carbocycles. The number of hydrazine groups is 1. The molecule has 5 heteroatoms. The van der Waals surface area contributed by atoms with Crippen molar-refractivity contribution in [2.45, 2.75) is 19.8 Å². The van der Waals surface area contributed by atoms with E-state index in [2.05, 4.69) is 5.43 Å². The van der Waals surface area contributed by atoms with Gasteiger partial charge in [0.15, 0.2) is 0 Å². The van der Waals surface area contributed by atoms with E-state index in [0.29, 0.717) is 6.54 Å². The van der Waals surface area contributed by atoms with Crippen molar-refractivity contribution < 1.29 is 8.76 Å². The minimum absolute atomic E-state index is 0.685. The fraction of sp³-hybridized carbons (Fsp3) is 1.00. The van der Waals surface area contributed by atoms with Crippen LogP contribution in [-0.2, 0) is 11.3 Å². The number of unbranched alkanes of at least 4 members (excludes halogenated alkanes) is 1. The van der Waals surface area contributed by atoms with Crippen LogP contribution in [0, 0.1) is 0 Å². The molecule has 0 aromatic carbocycles. The SMILES string of the molecule is CCCCNNS(=O)[O-]. The molecule has 0 radical (unpaired) electrons. The summed E-state index contributed by atoms with van der Waals surface area (Å²) in [5.41, 5.74) is 2.52. The Balaban J connectivity index is 2.83. The molecule has 0 aromatic rings. The molecular weight excluding hydrogens is 140 g/mol. The highest BCUT2D eigenvalue weighted by Crippen LogP contribution is 1.79. The molecule has 1 unspecified atom stereocenters. The topological polar surface area (TPSA) is 64.2 Å². The van der Waals surface area contributed by atoms with Crippen molar-refractivity contribution in [3.63, 3.8) is 0 Å². The molecule has 0 saturated heterocycles. The van der Waals surface area contributed by atoms with E-state index in [0.717, 1.165) is 12.8 Å². The lowest BCUT2D eigenvalue weighted by Gasteiger charge is -2.06. The first-order valence-electron chi connectivity index (χ1n) is 2.85. The number of rotatable bonds is 5. The fourth-order valence-corrected chi connectivity index (χ4v) is 0.595. The summed E-state index contributed by atoms with van der Waals surface area (Å²) in [6, 6.07) is 0. The van der Waals surface area contributed by atoms with E-state index >= 15 is 0 Å². The van der Waals surface area contributed by atoms with Crippen LogP contribution >= 0.6 is 0 Å². The molecule has 0 rings (SSSR count). The first-order valence-corrected chi connectivity index (χ1v) is 3.92. The predicted octanol–water partition coefficient (Wildman–Crippen LogP) is -0.325. The maximum absolute atomic E-state index is 9.79. The Bertz CT molecular complexity index is 88.6. The second-order valence-electron chi connectivity index (χ2n) is 1.62. The molecule has 0 spiro atoms. The summed E-state index contributed by atoms with van der Waals surface area (Å²) < 4.78 is 19.6. The highest BCUT2D eigenvalue weighted by atomic mass is 32.2. The third-order valence-corrected chi connectivity index (χ3v) is 1.12. The maximum atomic E-state index is 9.79. The van der Waals surface area contributed by atoms with E-state index in [1.807, 2.05) is 11.8 Å². The first kappa shape index (κ1) is 9.03. The largest absolute Gasteiger partial charge is 0.759 e. The van der Waals surface area contributed by atoms with Gasteiger partial charge in [-0.1, -0.05) is 13.3 Å². The van der Waals surface area contributed by atoms with Gasteiger partial charge in [-0.2, -0.15) is 4.83 Å². The summed E-state index contributed by atoms with van der Waals surface area (Å²) in [4.78, 5) is 2.05. The normalized spacial score (nSPS) is 13.6. The third kappa shape index (κ3) is 8.03. The Morgan fingerprint density at radius 1 is 1.67 bits per heavy atom. The Hall–Kier alpha value is 0.0300. The van der Waals surface area contributed by atoms with Crippen molar-refractivity contribution in [3.8, 4) is 0 Å². The molecule has 2 N–H and O–H groups in total. The zero-order valence-electron chi connectivity index (χ0n) is 5.35. The van der Waals surface area contributed by atoms with Gasteiger partial charge in [0.1, 0.15) is 0 Å². The van der Waals surface area contributed by atoms with Gasteiger partial charge in [-0.15, -0.1) is 0 Å². The zero-order valence-corrected chi connectivity index (χ0v) is 6.16. The Morgan fingerprint density at radius 3 is 2.78 bits per heavy atom. The van der Waals surface area contributed by atoms with E-state index in [4.69, 9.17) is 0 Å². The second-order valence-corrected chi connectivity index (χ2v) is 2.29. The molecule has 0 aliphatic heterocycles. The molecule has 1 atom stereocenters. The Kier molecular flexibility index (Phi) is 6.18. The summed E-state index contributed by atoms with van der Waals surface area (Å²) in [6.07, 6.45) is 2.03. The van der Waals surface area contributed by atoms with Gasteiger partial charge in [-0.3, -0.25) is 4.21 Å². The van der Waals surface area contributed by atoms with E-state index in [9.17, 15) is 8.76 Å². The summed E-state index contributed by atoms with van der Waals surface area (Å²) in [5.74, 6) is 0. The molecule has 9 heavy (non-hydrogen) atoms. The molecule has 4 nitrogen and oxygen atoms in total. The van der Waals surface area contributed by atoms with Crippen molar-refractivity contribution in [1.82, 2.24) is 10.3 Å². The smallest absolute Gasteiger partial charge is 0.0324 e. The summed E-state index contributed by atoms with van der Waals surface area (Å²) in [7, 11) is 0. The molecule has 0 aromatic heterocycles. The van der Waals surface area contributed by atoms with Gasteiger partial charge in [0.25, 0.3) is 0 Å². The van der Waals surface area contributed by atoms with Gasteiger partial charge in [-0.25, -0.2) is 5.43 Å². The van der Waals surface area contributed by atoms with Gasteiger partial charge in [0, 0.05) is 17.8 Å². The van der Waals surface area contributed by atoms with Gasteiger partial charge in [-0.05, 0) is 6.42 Å². The lowest BCUT2D eigenvalue weighted by molar-refractivity contribution is 0.501. The van der Waals surface area contributed by atoms with Crippen LogP contribution in [0.2, 0.25) is 0 Å². The van der Waals surface area contributed by atoms with Gasteiger partial charge in [0.2, 0.25) is 0 Å². The quantitative estimate of drug-likeness (QED) is 0.321. The van der Waals surface area contributed by atoms with Gasteiger partial charge < -0.3 is 4.55 Å². The minimum atomic E-state index is -2.18. The standard InChI is InChI=1S/C4H12N2O2S/c1-2-3-4-5-6-9(7)8/h5-6H,2-4H2,1H3,(H,7,8)/p-1. The van der Waals surface area contributed by atoms with Crippen molar-refractivity contribution in [2.75, 3.05) is 6.54 Å². The molecule has 0 amide bonds. The van der Waals surface area contributed by atoms with Crippen LogP contribution in [0.25, 0.3) is 0 Å². The van der Waals surface area contributed by atoms with Gasteiger partial charge >= 0.3 is 0 Å². The van der Waals surface area contributed by atoms with Crippen LogP contribution in [0.15, 0.2) is 0 Å². The predicted molar refractivity (Wildman–Crippen MR) is 35.0 cm³/mol. The minimum Gasteiger partial charge on any atom is -0.759 e. The van der Waals surface area contributed by atoms with E-state index < -0.39 is 11.3 Å². The van der Waals surface area contributed by atoms with E-state index in [1.165, 1.54) is 0 Å². The molecule has 0 heterocycles. The van der Waals surface area contributed by atoms with Crippen LogP contribution in [0.4, 0.5) is 0 Å². The monoisotopic (exact) mass is 151 g/mol. The van der Waals surface area contributed by atoms with E-state index in [1.54, 1.807) is 0 Å². The molecule has 0 fully saturated rings. The molecular formula is C4H11N2O2S-. The van der Waals surface area contributed by atoms with Crippen LogP contribution < -0.4 is 10.3 Å². The fourth-order valence-electron chi connectivity index (χ4n) is 0.375. The summed E-state index contributed by atoms with van der Waals surface area (Å²) >= 11 is -2.18. The lowest BCUT2D eigenvalue weighted by atomic mass is 10.3. The Morgan fingerprint density at radius 2 is 2.33 bits per heavy atom.